The van der Waals surface area contributed by atoms with Crippen LogP contribution in [0.1, 0.15) is 23.9 Å². The van der Waals surface area contributed by atoms with Gasteiger partial charge >= 0.3 is 5.97 Å². The number of carbonyl (C=O) groups is 1. The van der Waals surface area contributed by atoms with Crippen LogP contribution >= 0.6 is 0 Å². The first-order valence-corrected chi connectivity index (χ1v) is 9.90. The number of nitriles is 1. The Hall–Kier alpha value is -4.05. The third-order valence-corrected chi connectivity index (χ3v) is 5.24. The average molecular weight is 415 g/mol. The van der Waals surface area contributed by atoms with Gasteiger partial charge in [0, 0.05) is 18.0 Å². The Morgan fingerprint density at radius 2 is 2.10 bits per heavy atom. The number of benzene rings is 2. The van der Waals surface area contributed by atoms with E-state index in [0.717, 1.165) is 28.5 Å². The molecule has 7 nitrogen and oxygen atoms in total. The molecule has 0 amide bonds. The van der Waals surface area contributed by atoms with Crippen LogP contribution < -0.4 is 0 Å². The molecule has 0 bridgehead atoms. The molecule has 156 valence electrons. The summed E-state index contributed by atoms with van der Waals surface area (Å²) in [6.07, 6.45) is 2.44. The summed E-state index contributed by atoms with van der Waals surface area (Å²) < 4.78 is 12.5. The number of hydrogen-bond acceptors (Lipinski definition) is 6. The van der Waals surface area contributed by atoms with Crippen LogP contribution in [0, 0.1) is 11.3 Å². The molecule has 2 aromatic heterocycles. The van der Waals surface area contributed by atoms with E-state index >= 15 is 0 Å². The van der Waals surface area contributed by atoms with Crippen molar-refractivity contribution < 1.29 is 19.1 Å². The fourth-order valence-corrected chi connectivity index (χ4v) is 3.52. The maximum atomic E-state index is 12.3. The molecule has 0 aliphatic carbocycles. The Morgan fingerprint density at radius 3 is 2.84 bits per heavy atom. The summed E-state index contributed by atoms with van der Waals surface area (Å²) in [7, 11) is 1.76. The Kier molecular flexibility index (Phi) is 5.46. The van der Waals surface area contributed by atoms with Gasteiger partial charge in [0.05, 0.1) is 23.7 Å². The normalized spacial score (nSPS) is 12.0. The molecule has 0 atom stereocenters. The molecule has 2 aromatic carbocycles. The molecule has 4 rings (SSSR count). The zero-order chi connectivity index (χ0) is 22.0. The topological polar surface area (TPSA) is 101 Å². The van der Waals surface area contributed by atoms with Crippen LogP contribution in [0.2, 0.25) is 0 Å². The maximum absolute atomic E-state index is 12.3. The van der Waals surface area contributed by atoms with Gasteiger partial charge in [-0.25, -0.2) is 4.98 Å². The third-order valence-electron chi connectivity index (χ3n) is 5.24. The van der Waals surface area contributed by atoms with Gasteiger partial charge < -0.3 is 18.8 Å². The quantitative estimate of drug-likeness (QED) is 0.283. The van der Waals surface area contributed by atoms with Crippen LogP contribution in [0.15, 0.2) is 58.9 Å². The molecule has 0 saturated heterocycles. The number of furan rings is 1. The average Bonchev–Trinajstić information content (AvgIpc) is 3.33. The summed E-state index contributed by atoms with van der Waals surface area (Å²) in [4.78, 5) is 16.7. The molecule has 1 N–H and O–H groups in total. The van der Waals surface area contributed by atoms with E-state index in [-0.39, 0.29) is 17.8 Å². The number of esters is 1. The number of nitrogens with zero attached hydrogens (tertiary/aromatic N) is 3. The maximum Gasteiger partial charge on any atom is 0.310 e. The minimum atomic E-state index is -0.531. The standard InChI is InChI=1S/C24H21N3O4/c1-3-15-8-9-17-16(13-30-22(17)10-15)11-23(29)31-14-21(28)18(12-25)24-26-19-6-4-5-7-20(19)27(24)2/h4-10,13,28H,3,11,14H2,1-2H3/b21-18-. The Labute approximate surface area is 178 Å². The number of aryl methyl sites for hydroxylation is 2. The summed E-state index contributed by atoms with van der Waals surface area (Å²) in [5.74, 6) is -0.570. The molecule has 0 spiro atoms. The van der Waals surface area contributed by atoms with Gasteiger partial charge in [0.1, 0.15) is 23.8 Å². The number of ether oxygens (including phenoxy) is 1. The highest BCUT2D eigenvalue weighted by Gasteiger charge is 2.18. The summed E-state index contributed by atoms with van der Waals surface area (Å²) in [5, 5.41) is 20.8. The van der Waals surface area contributed by atoms with Gasteiger partial charge in [-0.15, -0.1) is 0 Å². The molecule has 7 heteroatoms. The molecule has 4 aromatic rings. The van der Waals surface area contributed by atoms with Gasteiger partial charge in [0.2, 0.25) is 0 Å². The monoisotopic (exact) mass is 415 g/mol. The van der Waals surface area contributed by atoms with Crippen LogP contribution in [-0.2, 0) is 29.4 Å². The van der Waals surface area contributed by atoms with Crippen molar-refractivity contribution in [2.75, 3.05) is 6.61 Å². The highest BCUT2D eigenvalue weighted by atomic mass is 16.5. The number of aliphatic hydroxyl groups excluding tert-OH is 1. The van der Waals surface area contributed by atoms with E-state index in [4.69, 9.17) is 9.15 Å². The zero-order valence-electron chi connectivity index (χ0n) is 17.3. The molecular weight excluding hydrogens is 394 g/mol. The lowest BCUT2D eigenvalue weighted by molar-refractivity contribution is -0.142. The first kappa shape index (κ1) is 20.2. The minimum absolute atomic E-state index is 0.0000704. The predicted molar refractivity (Wildman–Crippen MR) is 116 cm³/mol. The van der Waals surface area contributed by atoms with E-state index in [9.17, 15) is 15.2 Å². The lowest BCUT2D eigenvalue weighted by atomic mass is 10.1. The van der Waals surface area contributed by atoms with Crippen molar-refractivity contribution in [3.8, 4) is 6.07 Å². The first-order valence-electron chi connectivity index (χ1n) is 9.90. The fraction of sp³-hybridized carbons (Fsp3) is 0.208. The van der Waals surface area contributed by atoms with Crippen molar-refractivity contribution in [3.05, 3.63) is 71.4 Å². The zero-order valence-corrected chi connectivity index (χ0v) is 17.3. The Bertz CT molecular complexity index is 1350. The van der Waals surface area contributed by atoms with Crippen LogP contribution in [-0.4, -0.2) is 27.2 Å². The highest BCUT2D eigenvalue weighted by molar-refractivity contribution is 5.87. The van der Waals surface area contributed by atoms with Gasteiger partial charge in [0.15, 0.2) is 11.6 Å². The second kappa shape index (κ2) is 8.36. The fourth-order valence-electron chi connectivity index (χ4n) is 3.52. The molecule has 0 fully saturated rings. The van der Waals surface area contributed by atoms with Crippen LogP contribution in [0.25, 0.3) is 27.6 Å². The molecule has 0 saturated carbocycles. The van der Waals surface area contributed by atoms with E-state index in [1.54, 1.807) is 17.9 Å². The second-order valence-electron chi connectivity index (χ2n) is 7.20. The molecule has 2 heterocycles. The van der Waals surface area contributed by atoms with Crippen molar-refractivity contribution in [1.82, 2.24) is 9.55 Å². The molecule has 31 heavy (non-hydrogen) atoms. The van der Waals surface area contributed by atoms with Crippen LogP contribution in [0.5, 0.6) is 0 Å². The number of imidazole rings is 1. The molecule has 0 aliphatic rings. The number of fused-ring (bicyclic) bond motifs is 2. The van der Waals surface area contributed by atoms with Gasteiger partial charge in [-0.1, -0.05) is 31.2 Å². The number of rotatable bonds is 6. The third kappa shape index (κ3) is 3.88. The number of allylic oxidation sites excluding steroid dienone is 1. The smallest absolute Gasteiger partial charge is 0.310 e. The van der Waals surface area contributed by atoms with Crippen molar-refractivity contribution in [3.63, 3.8) is 0 Å². The van der Waals surface area contributed by atoms with E-state index in [0.29, 0.717) is 16.9 Å². The van der Waals surface area contributed by atoms with Crippen molar-refractivity contribution in [1.29, 1.82) is 5.26 Å². The Balaban J connectivity index is 1.49. The van der Waals surface area contributed by atoms with Crippen molar-refractivity contribution in [2.24, 2.45) is 7.05 Å². The number of carbonyl (C=O) groups excluding carboxylic acids is 1. The molecular formula is C24H21N3O4. The number of para-hydroxylation sites is 2. The Morgan fingerprint density at radius 1 is 1.29 bits per heavy atom. The number of hydrogen-bond donors (Lipinski definition) is 1. The summed E-state index contributed by atoms with van der Waals surface area (Å²) in [6.45, 7) is 1.65. The summed E-state index contributed by atoms with van der Waals surface area (Å²) >= 11 is 0. The van der Waals surface area contributed by atoms with Crippen molar-refractivity contribution in [2.45, 2.75) is 19.8 Å². The lowest BCUT2D eigenvalue weighted by Gasteiger charge is -2.07. The lowest BCUT2D eigenvalue weighted by Crippen LogP contribution is -2.11. The van der Waals surface area contributed by atoms with E-state index < -0.39 is 12.6 Å². The van der Waals surface area contributed by atoms with E-state index in [2.05, 4.69) is 11.9 Å². The van der Waals surface area contributed by atoms with E-state index in [1.807, 2.05) is 48.5 Å². The SMILES string of the molecule is CCc1ccc2c(CC(=O)OC/C(O)=C(\C#N)c3nc4ccccc4n3C)coc2c1. The van der Waals surface area contributed by atoms with Gasteiger partial charge in [-0.3, -0.25) is 4.79 Å². The minimum Gasteiger partial charge on any atom is -0.507 e. The van der Waals surface area contributed by atoms with Gasteiger partial charge in [-0.05, 0) is 30.2 Å². The van der Waals surface area contributed by atoms with Crippen molar-refractivity contribution >= 4 is 33.5 Å². The van der Waals surface area contributed by atoms with Gasteiger partial charge in [0.25, 0.3) is 0 Å². The highest BCUT2D eigenvalue weighted by Crippen LogP contribution is 2.24. The molecule has 0 radical (unpaired) electrons. The first-order chi connectivity index (χ1) is 15.0. The second-order valence-corrected chi connectivity index (χ2v) is 7.20. The summed E-state index contributed by atoms with van der Waals surface area (Å²) in [5.41, 5.74) is 4.08. The van der Waals surface area contributed by atoms with Crippen LogP contribution in [0.3, 0.4) is 0 Å². The largest absolute Gasteiger partial charge is 0.507 e. The van der Waals surface area contributed by atoms with E-state index in [1.165, 1.54) is 0 Å². The molecule has 0 aliphatic heterocycles. The molecule has 0 unspecified atom stereocenters. The predicted octanol–water partition coefficient (Wildman–Crippen LogP) is 4.46. The van der Waals surface area contributed by atoms with Gasteiger partial charge in [-0.2, -0.15) is 5.26 Å². The number of aliphatic hydroxyl groups is 1. The van der Waals surface area contributed by atoms with Crippen LogP contribution in [0.4, 0.5) is 0 Å². The summed E-state index contributed by atoms with van der Waals surface area (Å²) in [6, 6.07) is 15.3. The number of aromatic nitrogens is 2.